The highest BCUT2D eigenvalue weighted by Gasteiger charge is 2.39. The molecule has 3 rings (SSSR count). The number of anilines is 2. The fraction of sp³-hybridized carbons (Fsp3) is 0.211. The van der Waals surface area contributed by atoms with Gasteiger partial charge in [-0.2, -0.15) is 0 Å². The third-order valence-electron chi connectivity index (χ3n) is 4.19. The van der Waals surface area contributed by atoms with Gasteiger partial charge in [0.25, 0.3) is 0 Å². The van der Waals surface area contributed by atoms with E-state index in [0.717, 1.165) is 16.0 Å². The average Bonchev–Trinajstić information content (AvgIpc) is 2.58. The smallest absolute Gasteiger partial charge is 0.328 e. The zero-order valence-corrected chi connectivity index (χ0v) is 14.1. The van der Waals surface area contributed by atoms with E-state index < -0.39 is 23.8 Å². The lowest BCUT2D eigenvalue weighted by molar-refractivity contribution is -0.130. The Morgan fingerprint density at radius 2 is 1.76 bits per heavy atom. The molecule has 6 nitrogen and oxygen atoms in total. The highest BCUT2D eigenvalue weighted by Crippen LogP contribution is 2.22. The van der Waals surface area contributed by atoms with Gasteiger partial charge < -0.3 is 10.6 Å². The Balaban J connectivity index is 1.82. The van der Waals surface area contributed by atoms with Crippen LogP contribution >= 0.6 is 0 Å². The zero-order valence-electron chi connectivity index (χ0n) is 14.1. The molecule has 1 aliphatic rings. The summed E-state index contributed by atoms with van der Waals surface area (Å²) in [7, 11) is 0. The molecule has 0 radical (unpaired) electrons. The van der Waals surface area contributed by atoms with Crippen molar-refractivity contribution in [1.82, 2.24) is 5.32 Å². The number of carbonyl (C=O) groups excluding carboxylic acids is 3. The lowest BCUT2D eigenvalue weighted by atomic mass is 10.0. The minimum atomic E-state index is -0.974. The predicted octanol–water partition coefficient (Wildman–Crippen LogP) is 2.61. The van der Waals surface area contributed by atoms with Crippen LogP contribution in [0.1, 0.15) is 11.1 Å². The van der Waals surface area contributed by atoms with E-state index in [1.54, 1.807) is 18.2 Å². The van der Waals surface area contributed by atoms with Gasteiger partial charge in [-0.05, 0) is 37.6 Å². The Morgan fingerprint density at radius 3 is 2.44 bits per heavy atom. The Bertz CT molecular complexity index is 830. The normalized spacial score (nSPS) is 17.2. The highest BCUT2D eigenvalue weighted by atomic mass is 16.2. The van der Waals surface area contributed by atoms with E-state index in [0.29, 0.717) is 11.4 Å². The quantitative estimate of drug-likeness (QED) is 0.845. The number of rotatable bonds is 3. The molecule has 25 heavy (non-hydrogen) atoms. The van der Waals surface area contributed by atoms with Crippen LogP contribution in [0.3, 0.4) is 0 Å². The lowest BCUT2D eigenvalue weighted by Crippen LogP contribution is -2.58. The van der Waals surface area contributed by atoms with Crippen molar-refractivity contribution >= 4 is 29.2 Å². The molecule has 0 spiro atoms. The number of amides is 4. The Morgan fingerprint density at radius 1 is 1.08 bits per heavy atom. The maximum absolute atomic E-state index is 12.7. The number of nitrogens with zero attached hydrogens (tertiary/aromatic N) is 1. The summed E-state index contributed by atoms with van der Waals surface area (Å²) in [5, 5.41) is 5.38. The van der Waals surface area contributed by atoms with Crippen LogP contribution < -0.4 is 15.5 Å². The summed E-state index contributed by atoms with van der Waals surface area (Å²) in [5.74, 6) is -1.94. The van der Waals surface area contributed by atoms with Crippen molar-refractivity contribution in [2.45, 2.75) is 13.8 Å². The van der Waals surface area contributed by atoms with Gasteiger partial charge in [0, 0.05) is 12.2 Å². The molecular weight excluding hydrogens is 318 g/mol. The van der Waals surface area contributed by atoms with Crippen LogP contribution in [0, 0.1) is 19.8 Å². The van der Waals surface area contributed by atoms with Gasteiger partial charge in [0.1, 0.15) is 5.92 Å². The zero-order chi connectivity index (χ0) is 18.0. The summed E-state index contributed by atoms with van der Waals surface area (Å²) in [4.78, 5) is 38.5. The first kappa shape index (κ1) is 16.7. The largest absolute Gasteiger partial charge is 0.336 e. The fourth-order valence-electron chi connectivity index (χ4n) is 2.69. The molecule has 0 bridgehead atoms. The molecule has 128 valence electrons. The third-order valence-corrected chi connectivity index (χ3v) is 4.19. The number of imide groups is 1. The summed E-state index contributed by atoms with van der Waals surface area (Å²) >= 11 is 0. The minimum absolute atomic E-state index is 0.0161. The third kappa shape index (κ3) is 3.38. The summed E-state index contributed by atoms with van der Waals surface area (Å²) in [5.41, 5.74) is 3.02. The molecule has 1 heterocycles. The van der Waals surface area contributed by atoms with E-state index in [1.807, 2.05) is 44.2 Å². The second-order valence-corrected chi connectivity index (χ2v) is 6.05. The number of hydrogen-bond acceptors (Lipinski definition) is 3. The van der Waals surface area contributed by atoms with Crippen LogP contribution in [-0.2, 0) is 9.59 Å². The van der Waals surface area contributed by atoms with E-state index >= 15 is 0 Å². The highest BCUT2D eigenvalue weighted by molar-refractivity contribution is 6.23. The Labute approximate surface area is 145 Å². The van der Waals surface area contributed by atoms with Gasteiger partial charge in [-0.3, -0.25) is 9.59 Å². The number of carbonyl (C=O) groups is 3. The Kier molecular flexibility index (Phi) is 4.52. The first-order valence-corrected chi connectivity index (χ1v) is 8.02. The fourth-order valence-corrected chi connectivity index (χ4v) is 2.69. The van der Waals surface area contributed by atoms with Gasteiger partial charge in [0.2, 0.25) is 11.8 Å². The molecule has 1 unspecified atom stereocenters. The maximum atomic E-state index is 12.7. The second-order valence-electron chi connectivity index (χ2n) is 6.05. The summed E-state index contributed by atoms with van der Waals surface area (Å²) in [6.45, 7) is 3.77. The van der Waals surface area contributed by atoms with E-state index in [4.69, 9.17) is 0 Å². The molecule has 1 atom stereocenters. The van der Waals surface area contributed by atoms with Gasteiger partial charge in [-0.1, -0.05) is 35.9 Å². The molecule has 0 aliphatic carbocycles. The van der Waals surface area contributed by atoms with Crippen LogP contribution in [0.25, 0.3) is 0 Å². The van der Waals surface area contributed by atoms with Crippen molar-refractivity contribution in [2.75, 3.05) is 16.8 Å². The van der Waals surface area contributed by atoms with Gasteiger partial charge in [0.05, 0.1) is 5.69 Å². The first-order chi connectivity index (χ1) is 12.0. The molecule has 2 N–H and O–H groups in total. The molecule has 0 saturated carbocycles. The number of hydrogen-bond donors (Lipinski definition) is 2. The number of benzene rings is 2. The average molecular weight is 337 g/mol. The van der Waals surface area contributed by atoms with Crippen molar-refractivity contribution in [1.29, 1.82) is 0 Å². The van der Waals surface area contributed by atoms with Crippen LogP contribution in [0.5, 0.6) is 0 Å². The molecular formula is C19H19N3O3. The van der Waals surface area contributed by atoms with Crippen molar-refractivity contribution in [2.24, 2.45) is 5.92 Å². The van der Waals surface area contributed by atoms with Crippen LogP contribution in [-0.4, -0.2) is 24.4 Å². The monoisotopic (exact) mass is 337 g/mol. The second kappa shape index (κ2) is 6.76. The van der Waals surface area contributed by atoms with Crippen molar-refractivity contribution in [3.8, 4) is 0 Å². The molecule has 2 aromatic carbocycles. The summed E-state index contributed by atoms with van der Waals surface area (Å²) < 4.78 is 0. The SMILES string of the molecule is Cc1ccc(N2C(=O)NCC(C(=O)Nc3ccccc3C)C2=O)cc1. The standard InChI is InChI=1S/C19H19N3O3/c1-12-7-9-14(10-8-12)22-18(24)15(11-20-19(22)25)17(23)21-16-6-4-3-5-13(16)2/h3-10,15H,11H2,1-2H3,(H,20,25)(H,21,23). The van der Waals surface area contributed by atoms with Gasteiger partial charge in [-0.25, -0.2) is 9.69 Å². The Hall–Kier alpha value is -3.15. The summed E-state index contributed by atoms with van der Waals surface area (Å²) in [6, 6.07) is 13.8. The van der Waals surface area contributed by atoms with E-state index in [9.17, 15) is 14.4 Å². The number of nitrogens with one attached hydrogen (secondary N) is 2. The van der Waals surface area contributed by atoms with E-state index in [1.165, 1.54) is 0 Å². The molecule has 1 fully saturated rings. The number of para-hydroxylation sites is 1. The summed E-state index contributed by atoms with van der Waals surface area (Å²) in [6.07, 6.45) is 0. The van der Waals surface area contributed by atoms with Crippen molar-refractivity contribution in [3.05, 3.63) is 59.7 Å². The van der Waals surface area contributed by atoms with Crippen LogP contribution in [0.4, 0.5) is 16.2 Å². The van der Waals surface area contributed by atoms with E-state index in [-0.39, 0.29) is 6.54 Å². The molecule has 1 saturated heterocycles. The van der Waals surface area contributed by atoms with Gasteiger partial charge >= 0.3 is 6.03 Å². The molecule has 0 aromatic heterocycles. The molecule has 6 heteroatoms. The maximum Gasteiger partial charge on any atom is 0.328 e. The van der Waals surface area contributed by atoms with Crippen molar-refractivity contribution in [3.63, 3.8) is 0 Å². The van der Waals surface area contributed by atoms with Crippen molar-refractivity contribution < 1.29 is 14.4 Å². The lowest BCUT2D eigenvalue weighted by Gasteiger charge is -2.30. The molecule has 4 amide bonds. The number of urea groups is 1. The predicted molar refractivity (Wildman–Crippen MR) is 95.4 cm³/mol. The number of aryl methyl sites for hydroxylation is 2. The van der Waals surface area contributed by atoms with Crippen LogP contribution in [0.2, 0.25) is 0 Å². The van der Waals surface area contributed by atoms with Crippen LogP contribution in [0.15, 0.2) is 48.5 Å². The van der Waals surface area contributed by atoms with Gasteiger partial charge in [-0.15, -0.1) is 0 Å². The first-order valence-electron chi connectivity index (χ1n) is 8.02. The molecule has 1 aliphatic heterocycles. The van der Waals surface area contributed by atoms with Gasteiger partial charge in [0.15, 0.2) is 0 Å². The minimum Gasteiger partial charge on any atom is -0.336 e. The topological polar surface area (TPSA) is 78.5 Å². The van der Waals surface area contributed by atoms with E-state index in [2.05, 4.69) is 10.6 Å². The molecule has 2 aromatic rings.